The van der Waals surface area contributed by atoms with E-state index < -0.39 is 0 Å². The summed E-state index contributed by atoms with van der Waals surface area (Å²) in [6.07, 6.45) is 0. The number of hydrogen-bond acceptors (Lipinski definition) is 0. The van der Waals surface area contributed by atoms with Crippen LogP contribution in [0.5, 0.6) is 0 Å². The molecule has 0 nitrogen and oxygen atoms in total. The maximum atomic E-state index is 12.9. The molecule has 0 unspecified atom stereocenters. The van der Waals surface area contributed by atoms with E-state index in [4.69, 9.17) is 11.6 Å². The Labute approximate surface area is 127 Å². The van der Waals surface area contributed by atoms with Gasteiger partial charge in [-0.15, -0.1) is 0 Å². The number of benzene rings is 2. The van der Waals surface area contributed by atoms with Crippen LogP contribution in [0.1, 0.15) is 20.8 Å². The molecule has 0 bridgehead atoms. The van der Waals surface area contributed by atoms with Gasteiger partial charge in [-0.2, -0.15) is 0 Å². The van der Waals surface area contributed by atoms with Crippen LogP contribution in [0.3, 0.4) is 0 Å². The van der Waals surface area contributed by atoms with Crippen LogP contribution < -0.4 is 0 Å². The van der Waals surface area contributed by atoms with E-state index in [1.54, 1.807) is 12.1 Å². The largest absolute Gasteiger partial charge is 0.207 e. The van der Waals surface area contributed by atoms with Crippen LogP contribution in [-0.2, 0) is 0 Å². The standard InChI is InChI=1S/C14H10Br2ClF/c15-13(9-1-5-11(17)6-2-9)14(16)10-3-7-12(18)8-4-10/h1-8,13-14H/t13-,14+/m1/s1. The second kappa shape index (κ2) is 6.18. The number of alkyl halides is 2. The highest BCUT2D eigenvalue weighted by molar-refractivity contribution is 9.12. The molecule has 2 aromatic rings. The highest BCUT2D eigenvalue weighted by Crippen LogP contribution is 2.42. The summed E-state index contributed by atoms with van der Waals surface area (Å²) in [6.45, 7) is 0. The summed E-state index contributed by atoms with van der Waals surface area (Å²) in [7, 11) is 0. The van der Waals surface area contributed by atoms with E-state index in [0.29, 0.717) is 5.02 Å². The monoisotopic (exact) mass is 390 g/mol. The van der Waals surface area contributed by atoms with Crippen LogP contribution in [0.25, 0.3) is 0 Å². The Bertz CT molecular complexity index is 461. The quantitative estimate of drug-likeness (QED) is 0.558. The van der Waals surface area contributed by atoms with Gasteiger partial charge < -0.3 is 0 Å². The molecule has 0 saturated carbocycles. The lowest BCUT2D eigenvalue weighted by Gasteiger charge is -2.17. The zero-order valence-electron chi connectivity index (χ0n) is 9.29. The van der Waals surface area contributed by atoms with Crippen molar-refractivity contribution in [3.8, 4) is 0 Å². The summed E-state index contributed by atoms with van der Waals surface area (Å²) in [5.74, 6) is -0.226. The SMILES string of the molecule is Fc1ccc([C@H](Br)[C@H](Br)c2ccc(Cl)cc2)cc1. The van der Waals surface area contributed by atoms with E-state index in [9.17, 15) is 4.39 Å². The van der Waals surface area contributed by atoms with Crippen molar-refractivity contribution < 1.29 is 4.39 Å². The van der Waals surface area contributed by atoms with Crippen LogP contribution in [0.2, 0.25) is 5.02 Å². The van der Waals surface area contributed by atoms with Crippen molar-refractivity contribution in [2.24, 2.45) is 0 Å². The zero-order valence-corrected chi connectivity index (χ0v) is 13.2. The average molecular weight is 392 g/mol. The molecule has 94 valence electrons. The molecule has 0 saturated heterocycles. The van der Waals surface area contributed by atoms with E-state index >= 15 is 0 Å². The van der Waals surface area contributed by atoms with Gasteiger partial charge in [-0.25, -0.2) is 4.39 Å². The van der Waals surface area contributed by atoms with E-state index in [2.05, 4.69) is 31.9 Å². The summed E-state index contributed by atoms with van der Waals surface area (Å²) >= 11 is 13.1. The van der Waals surface area contributed by atoms with Crippen molar-refractivity contribution in [3.05, 3.63) is 70.5 Å². The van der Waals surface area contributed by atoms with Crippen molar-refractivity contribution in [2.45, 2.75) is 9.65 Å². The van der Waals surface area contributed by atoms with Gasteiger partial charge in [0.15, 0.2) is 0 Å². The molecule has 2 rings (SSSR count). The third-order valence-electron chi connectivity index (χ3n) is 2.63. The molecule has 18 heavy (non-hydrogen) atoms. The maximum absolute atomic E-state index is 12.9. The third-order valence-corrected chi connectivity index (χ3v) is 5.71. The van der Waals surface area contributed by atoms with Gasteiger partial charge in [0.05, 0.1) is 9.65 Å². The average Bonchev–Trinajstić information content (AvgIpc) is 2.39. The van der Waals surface area contributed by atoms with Gasteiger partial charge in [0.2, 0.25) is 0 Å². The minimum Gasteiger partial charge on any atom is -0.207 e. The van der Waals surface area contributed by atoms with Crippen LogP contribution >= 0.6 is 43.5 Å². The zero-order chi connectivity index (χ0) is 13.1. The van der Waals surface area contributed by atoms with Crippen LogP contribution in [-0.4, -0.2) is 0 Å². The van der Waals surface area contributed by atoms with Gasteiger partial charge in [-0.3, -0.25) is 0 Å². The molecule has 0 heterocycles. The van der Waals surface area contributed by atoms with Crippen LogP contribution in [0, 0.1) is 5.82 Å². The van der Waals surface area contributed by atoms with Gasteiger partial charge in [0, 0.05) is 5.02 Å². The molecule has 0 radical (unpaired) electrons. The summed E-state index contributed by atoms with van der Waals surface area (Å²) in [6, 6.07) is 14.1. The van der Waals surface area contributed by atoms with Gasteiger partial charge in [-0.05, 0) is 35.4 Å². The Hall–Kier alpha value is -0.380. The molecule has 0 amide bonds. The Morgan fingerprint density at radius 1 is 0.778 bits per heavy atom. The molecule has 0 fully saturated rings. The number of halogens is 4. The predicted molar refractivity (Wildman–Crippen MR) is 81.2 cm³/mol. The Balaban J connectivity index is 2.20. The van der Waals surface area contributed by atoms with Crippen molar-refractivity contribution in [1.29, 1.82) is 0 Å². The highest BCUT2D eigenvalue weighted by atomic mass is 79.9. The fourth-order valence-corrected chi connectivity index (χ4v) is 2.98. The molecular formula is C14H10Br2ClF. The normalized spacial score (nSPS) is 14.2. The second-order valence-electron chi connectivity index (χ2n) is 3.91. The van der Waals surface area contributed by atoms with E-state index in [1.165, 1.54) is 12.1 Å². The highest BCUT2D eigenvalue weighted by Gasteiger charge is 2.19. The molecule has 4 heteroatoms. The molecule has 0 spiro atoms. The van der Waals surface area contributed by atoms with Gasteiger partial charge >= 0.3 is 0 Å². The van der Waals surface area contributed by atoms with Crippen LogP contribution in [0.15, 0.2) is 48.5 Å². The first-order valence-electron chi connectivity index (χ1n) is 5.37. The molecule has 0 aliphatic carbocycles. The van der Waals surface area contributed by atoms with E-state index in [1.807, 2.05) is 24.3 Å². The summed E-state index contributed by atoms with van der Waals surface area (Å²) in [4.78, 5) is 0.166. The molecule has 0 aromatic heterocycles. The Morgan fingerprint density at radius 2 is 1.17 bits per heavy atom. The third kappa shape index (κ3) is 3.34. The first kappa shape index (κ1) is 14.0. The van der Waals surface area contributed by atoms with E-state index in [0.717, 1.165) is 11.1 Å². The number of hydrogen-bond donors (Lipinski definition) is 0. The first-order chi connectivity index (χ1) is 8.58. The lowest BCUT2D eigenvalue weighted by atomic mass is 10.0. The van der Waals surface area contributed by atoms with E-state index in [-0.39, 0.29) is 15.5 Å². The topological polar surface area (TPSA) is 0 Å². The molecule has 2 atom stereocenters. The molecule has 0 N–H and O–H groups in total. The van der Waals surface area contributed by atoms with Gasteiger partial charge in [-0.1, -0.05) is 67.7 Å². The smallest absolute Gasteiger partial charge is 0.123 e. The first-order valence-corrected chi connectivity index (χ1v) is 7.58. The molecular weight excluding hydrogens is 382 g/mol. The number of rotatable bonds is 3. The summed E-state index contributed by atoms with van der Waals surface area (Å²) < 4.78 is 12.9. The summed E-state index contributed by atoms with van der Waals surface area (Å²) in [5, 5.41) is 0.714. The second-order valence-corrected chi connectivity index (χ2v) is 6.32. The van der Waals surface area contributed by atoms with Crippen LogP contribution in [0.4, 0.5) is 4.39 Å². The van der Waals surface area contributed by atoms with Crippen molar-refractivity contribution in [1.82, 2.24) is 0 Å². The molecule has 0 aliphatic heterocycles. The Kier molecular flexibility index (Phi) is 4.82. The maximum Gasteiger partial charge on any atom is 0.123 e. The lowest BCUT2D eigenvalue weighted by molar-refractivity contribution is 0.627. The Morgan fingerprint density at radius 3 is 1.61 bits per heavy atom. The van der Waals surface area contributed by atoms with Crippen molar-refractivity contribution in [3.63, 3.8) is 0 Å². The van der Waals surface area contributed by atoms with Gasteiger partial charge in [0.1, 0.15) is 5.82 Å². The fraction of sp³-hybridized carbons (Fsp3) is 0.143. The molecule has 0 aliphatic rings. The minimum atomic E-state index is -0.226. The predicted octanol–water partition coefficient (Wildman–Crippen LogP) is 6.05. The fourth-order valence-electron chi connectivity index (χ4n) is 1.63. The minimum absolute atomic E-state index is 0.0688. The lowest BCUT2D eigenvalue weighted by Crippen LogP contribution is -1.99. The van der Waals surface area contributed by atoms with Crippen molar-refractivity contribution in [2.75, 3.05) is 0 Å². The van der Waals surface area contributed by atoms with Gasteiger partial charge in [0.25, 0.3) is 0 Å². The summed E-state index contributed by atoms with van der Waals surface area (Å²) in [5.41, 5.74) is 2.14. The molecule has 2 aromatic carbocycles. The van der Waals surface area contributed by atoms with Crippen molar-refractivity contribution >= 4 is 43.5 Å².